The summed E-state index contributed by atoms with van der Waals surface area (Å²) in [5.41, 5.74) is 5.45. The average molecular weight is 383 g/mol. The lowest BCUT2D eigenvalue weighted by atomic mass is 9.91. The molecular formula is C24H25N5. The third-order valence-corrected chi connectivity index (χ3v) is 6.08. The number of nitrogens with one attached hydrogen (secondary N) is 1. The van der Waals surface area contributed by atoms with Crippen molar-refractivity contribution in [2.75, 3.05) is 25.0 Å². The van der Waals surface area contributed by atoms with E-state index in [-0.39, 0.29) is 0 Å². The van der Waals surface area contributed by atoms with E-state index < -0.39 is 0 Å². The van der Waals surface area contributed by atoms with Crippen LogP contribution in [0.25, 0.3) is 5.69 Å². The Morgan fingerprint density at radius 1 is 1.10 bits per heavy atom. The van der Waals surface area contributed by atoms with Crippen molar-refractivity contribution in [2.45, 2.75) is 31.7 Å². The fourth-order valence-corrected chi connectivity index (χ4v) is 4.72. The summed E-state index contributed by atoms with van der Waals surface area (Å²) >= 11 is 0. The highest BCUT2D eigenvalue weighted by Gasteiger charge is 2.31. The molecule has 0 amide bonds. The molecule has 5 rings (SSSR count). The van der Waals surface area contributed by atoms with E-state index in [9.17, 15) is 5.26 Å². The number of nitrogens with zero attached hydrogens (tertiary/aromatic N) is 4. The van der Waals surface area contributed by atoms with Crippen molar-refractivity contribution < 1.29 is 0 Å². The van der Waals surface area contributed by atoms with E-state index in [0.29, 0.717) is 11.5 Å². The summed E-state index contributed by atoms with van der Waals surface area (Å²) in [6, 6.07) is 20.8. The van der Waals surface area contributed by atoms with Crippen LogP contribution in [-0.2, 0) is 13.0 Å². The summed E-state index contributed by atoms with van der Waals surface area (Å²) in [6.07, 6.45) is 3.38. The first-order valence-electron chi connectivity index (χ1n) is 10.4. The molecule has 146 valence electrons. The molecule has 0 bridgehead atoms. The van der Waals surface area contributed by atoms with Crippen LogP contribution >= 0.6 is 0 Å². The Balaban J connectivity index is 1.45. The number of benzene rings is 2. The lowest BCUT2D eigenvalue weighted by molar-refractivity contribution is 0.198. The van der Waals surface area contributed by atoms with Gasteiger partial charge >= 0.3 is 0 Å². The van der Waals surface area contributed by atoms with Crippen LogP contribution in [0.15, 0.2) is 54.6 Å². The molecule has 0 aliphatic carbocycles. The largest absolute Gasteiger partial charge is 0.369 e. The van der Waals surface area contributed by atoms with E-state index in [4.69, 9.17) is 5.10 Å². The van der Waals surface area contributed by atoms with Gasteiger partial charge in [0, 0.05) is 31.1 Å². The Morgan fingerprint density at radius 3 is 2.79 bits per heavy atom. The molecule has 1 aromatic heterocycles. The van der Waals surface area contributed by atoms with Crippen LogP contribution in [0, 0.1) is 11.3 Å². The molecule has 1 fully saturated rings. The van der Waals surface area contributed by atoms with Crippen LogP contribution in [0.3, 0.4) is 0 Å². The highest BCUT2D eigenvalue weighted by Crippen LogP contribution is 2.36. The smallest absolute Gasteiger partial charge is 0.133 e. The maximum Gasteiger partial charge on any atom is 0.133 e. The maximum atomic E-state index is 9.54. The molecule has 0 radical (unpaired) electrons. The molecule has 3 heterocycles. The van der Waals surface area contributed by atoms with E-state index in [1.54, 1.807) is 0 Å². The van der Waals surface area contributed by atoms with Gasteiger partial charge in [0.1, 0.15) is 11.9 Å². The van der Waals surface area contributed by atoms with Crippen molar-refractivity contribution in [2.24, 2.45) is 0 Å². The van der Waals surface area contributed by atoms with Gasteiger partial charge in [-0.2, -0.15) is 10.4 Å². The lowest BCUT2D eigenvalue weighted by Gasteiger charge is -2.32. The Kier molecular flexibility index (Phi) is 4.79. The van der Waals surface area contributed by atoms with Crippen molar-refractivity contribution in [3.63, 3.8) is 0 Å². The number of para-hydroxylation sites is 1. The minimum atomic E-state index is 0.441. The van der Waals surface area contributed by atoms with Crippen LogP contribution in [0.5, 0.6) is 0 Å². The van der Waals surface area contributed by atoms with Crippen LogP contribution in [-0.4, -0.2) is 34.3 Å². The van der Waals surface area contributed by atoms with Gasteiger partial charge in [0.05, 0.1) is 16.9 Å². The van der Waals surface area contributed by atoms with Crippen molar-refractivity contribution in [3.05, 3.63) is 77.0 Å². The topological polar surface area (TPSA) is 56.9 Å². The standard InChI is InChI=1S/C24H25N5/c25-15-19-9-4-5-11-22(19)29-24-21(12-13-26-24)23(27-29)20-10-6-14-28(17-20)16-18-7-2-1-3-8-18/h1-5,7-9,11,20,26H,6,10,12-14,16-17H2. The van der Waals surface area contributed by atoms with Crippen LogP contribution in [0.2, 0.25) is 0 Å². The maximum absolute atomic E-state index is 9.54. The molecule has 1 atom stereocenters. The third-order valence-electron chi connectivity index (χ3n) is 6.08. The molecule has 3 aromatic rings. The highest BCUT2D eigenvalue weighted by molar-refractivity contribution is 5.60. The van der Waals surface area contributed by atoms with Gasteiger partial charge in [-0.15, -0.1) is 0 Å². The number of nitriles is 1. The number of rotatable bonds is 4. The van der Waals surface area contributed by atoms with E-state index in [1.807, 2.05) is 28.9 Å². The molecule has 5 nitrogen and oxygen atoms in total. The predicted octanol–water partition coefficient (Wildman–Crippen LogP) is 4.09. The quantitative estimate of drug-likeness (QED) is 0.737. The van der Waals surface area contributed by atoms with E-state index >= 15 is 0 Å². The van der Waals surface area contributed by atoms with E-state index in [0.717, 1.165) is 44.1 Å². The van der Waals surface area contributed by atoms with Gasteiger partial charge in [-0.1, -0.05) is 42.5 Å². The second kappa shape index (κ2) is 7.73. The normalized spacial score (nSPS) is 18.8. The molecule has 2 aliphatic rings. The third kappa shape index (κ3) is 3.41. The number of hydrogen-bond donors (Lipinski definition) is 1. The summed E-state index contributed by atoms with van der Waals surface area (Å²) in [6.45, 7) is 4.12. The molecule has 1 saturated heterocycles. The number of aromatic nitrogens is 2. The molecule has 0 saturated carbocycles. The molecule has 2 aromatic carbocycles. The Hall–Kier alpha value is -3.10. The first-order chi connectivity index (χ1) is 14.3. The molecular weight excluding hydrogens is 358 g/mol. The highest BCUT2D eigenvalue weighted by atomic mass is 15.3. The fourth-order valence-electron chi connectivity index (χ4n) is 4.72. The predicted molar refractivity (Wildman–Crippen MR) is 114 cm³/mol. The molecule has 1 unspecified atom stereocenters. The first kappa shape index (κ1) is 18.0. The zero-order valence-electron chi connectivity index (χ0n) is 16.5. The van der Waals surface area contributed by atoms with Crippen molar-refractivity contribution in [1.29, 1.82) is 5.26 Å². The summed E-state index contributed by atoms with van der Waals surface area (Å²) in [5.74, 6) is 1.51. The van der Waals surface area contributed by atoms with Crippen molar-refractivity contribution in [1.82, 2.24) is 14.7 Å². The number of anilines is 1. The lowest BCUT2D eigenvalue weighted by Crippen LogP contribution is -2.34. The van der Waals surface area contributed by atoms with Gasteiger partial charge in [0.2, 0.25) is 0 Å². The van der Waals surface area contributed by atoms with Crippen LogP contribution in [0.1, 0.15) is 41.1 Å². The number of fused-ring (bicyclic) bond motifs is 1. The second-order valence-electron chi connectivity index (χ2n) is 7.99. The Bertz CT molecular complexity index is 1050. The Morgan fingerprint density at radius 2 is 1.93 bits per heavy atom. The average Bonchev–Trinajstić information content (AvgIpc) is 3.37. The Labute approximate surface area is 171 Å². The van der Waals surface area contributed by atoms with Gasteiger partial charge in [-0.05, 0) is 43.5 Å². The van der Waals surface area contributed by atoms with Crippen LogP contribution < -0.4 is 5.32 Å². The SMILES string of the molecule is N#Cc1ccccc1-n1nc(C2CCCN(Cc3ccccc3)C2)c2c1NCC2. The molecule has 0 spiro atoms. The summed E-state index contributed by atoms with van der Waals surface area (Å²) in [7, 11) is 0. The minimum absolute atomic E-state index is 0.441. The number of likely N-dealkylation sites (tertiary alicyclic amines) is 1. The zero-order chi connectivity index (χ0) is 19.6. The van der Waals surface area contributed by atoms with E-state index in [2.05, 4.69) is 46.6 Å². The van der Waals surface area contributed by atoms with Gasteiger partial charge in [0.15, 0.2) is 0 Å². The van der Waals surface area contributed by atoms with Gasteiger partial charge < -0.3 is 5.32 Å². The fraction of sp³-hybridized carbons (Fsp3) is 0.333. The number of hydrogen-bond acceptors (Lipinski definition) is 4. The number of piperidine rings is 1. The molecule has 1 N–H and O–H groups in total. The van der Waals surface area contributed by atoms with Gasteiger partial charge in [-0.25, -0.2) is 4.68 Å². The molecule has 2 aliphatic heterocycles. The van der Waals surface area contributed by atoms with Gasteiger partial charge in [-0.3, -0.25) is 4.90 Å². The second-order valence-corrected chi connectivity index (χ2v) is 7.99. The summed E-state index contributed by atoms with van der Waals surface area (Å²) in [4.78, 5) is 2.56. The summed E-state index contributed by atoms with van der Waals surface area (Å²) in [5, 5.41) is 18.1. The van der Waals surface area contributed by atoms with Gasteiger partial charge in [0.25, 0.3) is 0 Å². The zero-order valence-corrected chi connectivity index (χ0v) is 16.5. The minimum Gasteiger partial charge on any atom is -0.369 e. The molecule has 29 heavy (non-hydrogen) atoms. The van der Waals surface area contributed by atoms with Crippen LogP contribution in [0.4, 0.5) is 5.82 Å². The monoisotopic (exact) mass is 383 g/mol. The van der Waals surface area contributed by atoms with Crippen molar-refractivity contribution in [3.8, 4) is 11.8 Å². The first-order valence-corrected chi connectivity index (χ1v) is 10.4. The summed E-state index contributed by atoms with van der Waals surface area (Å²) < 4.78 is 1.96. The van der Waals surface area contributed by atoms with E-state index in [1.165, 1.54) is 29.7 Å². The van der Waals surface area contributed by atoms with Crippen molar-refractivity contribution >= 4 is 5.82 Å². The molecule has 5 heteroatoms.